The molecule has 0 radical (unpaired) electrons. The Balaban J connectivity index is 3.42. The molecule has 2 unspecified atom stereocenters. The highest BCUT2D eigenvalue weighted by Crippen LogP contribution is 2.25. The number of rotatable bonds is 10. The van der Waals surface area contributed by atoms with E-state index in [4.69, 9.17) is 4.74 Å². The molecule has 33 heavy (non-hydrogen) atoms. The van der Waals surface area contributed by atoms with Crippen LogP contribution in [0.5, 0.6) is 0 Å². The number of hydrogen-bond acceptors (Lipinski definition) is 4. The van der Waals surface area contributed by atoms with Crippen molar-refractivity contribution in [2.75, 3.05) is 6.54 Å². The SMILES string of the molecule is CCCCN(C(=O)C(NC(=O)OC(C)(C)C)C(C)C)C(C(=O)NC(C)C)c1cccc(C)c1. The van der Waals surface area contributed by atoms with Gasteiger partial charge in [-0.25, -0.2) is 4.79 Å². The smallest absolute Gasteiger partial charge is 0.408 e. The van der Waals surface area contributed by atoms with Gasteiger partial charge in [0.05, 0.1) is 0 Å². The molecule has 0 aliphatic heterocycles. The predicted octanol–water partition coefficient (Wildman–Crippen LogP) is 4.74. The second kappa shape index (κ2) is 12.6. The lowest BCUT2D eigenvalue weighted by atomic mass is 9.97. The number of nitrogens with zero attached hydrogens (tertiary/aromatic N) is 1. The number of benzene rings is 1. The van der Waals surface area contributed by atoms with Crippen LogP contribution < -0.4 is 10.6 Å². The van der Waals surface area contributed by atoms with Crippen molar-refractivity contribution in [2.24, 2.45) is 5.92 Å². The van der Waals surface area contributed by atoms with Crippen molar-refractivity contribution in [2.45, 2.75) is 98.9 Å². The van der Waals surface area contributed by atoms with Crippen molar-refractivity contribution >= 4 is 17.9 Å². The highest BCUT2D eigenvalue weighted by atomic mass is 16.6. The molecule has 186 valence electrons. The molecule has 0 aromatic heterocycles. The Bertz CT molecular complexity index is 799. The second-order valence-corrected chi connectivity index (χ2v) is 10.2. The van der Waals surface area contributed by atoms with Crippen LogP contribution in [0.1, 0.15) is 85.4 Å². The summed E-state index contributed by atoms with van der Waals surface area (Å²) in [5.74, 6) is -0.727. The zero-order chi connectivity index (χ0) is 25.3. The molecule has 2 N–H and O–H groups in total. The average molecular weight is 462 g/mol. The maximum absolute atomic E-state index is 13.9. The van der Waals surface area contributed by atoms with E-state index in [-0.39, 0.29) is 23.8 Å². The van der Waals surface area contributed by atoms with E-state index in [1.54, 1.807) is 25.7 Å². The van der Waals surface area contributed by atoms with Gasteiger partial charge >= 0.3 is 6.09 Å². The topological polar surface area (TPSA) is 87.7 Å². The molecule has 1 aromatic carbocycles. The minimum Gasteiger partial charge on any atom is -0.444 e. The second-order valence-electron chi connectivity index (χ2n) is 10.2. The zero-order valence-electron chi connectivity index (χ0n) is 21.8. The van der Waals surface area contributed by atoms with Crippen molar-refractivity contribution in [3.8, 4) is 0 Å². The summed E-state index contributed by atoms with van der Waals surface area (Å²) in [6, 6.07) is 5.96. The van der Waals surface area contributed by atoms with E-state index in [0.29, 0.717) is 6.54 Å². The molecule has 0 bridgehead atoms. The first-order valence-corrected chi connectivity index (χ1v) is 11.9. The number of carbonyl (C=O) groups excluding carboxylic acids is 3. The van der Waals surface area contributed by atoms with Crippen LogP contribution in [-0.4, -0.2) is 47.0 Å². The summed E-state index contributed by atoms with van der Waals surface area (Å²) in [6.07, 6.45) is 0.950. The highest BCUT2D eigenvalue weighted by molar-refractivity contribution is 5.92. The summed E-state index contributed by atoms with van der Waals surface area (Å²) in [5, 5.41) is 5.71. The third-order valence-electron chi connectivity index (χ3n) is 4.99. The number of amides is 3. The van der Waals surface area contributed by atoms with Crippen LogP contribution in [0.3, 0.4) is 0 Å². The van der Waals surface area contributed by atoms with Crippen LogP contribution in [-0.2, 0) is 14.3 Å². The van der Waals surface area contributed by atoms with Gasteiger partial charge in [0.2, 0.25) is 11.8 Å². The molecule has 0 spiro atoms. The summed E-state index contributed by atoms with van der Waals surface area (Å²) in [4.78, 5) is 41.3. The van der Waals surface area contributed by atoms with Gasteiger partial charge in [-0.15, -0.1) is 0 Å². The average Bonchev–Trinajstić information content (AvgIpc) is 2.66. The van der Waals surface area contributed by atoms with E-state index in [9.17, 15) is 14.4 Å². The van der Waals surface area contributed by atoms with Gasteiger partial charge in [-0.3, -0.25) is 9.59 Å². The van der Waals surface area contributed by atoms with E-state index in [0.717, 1.165) is 24.0 Å². The number of ether oxygens (including phenoxy) is 1. The Hall–Kier alpha value is -2.57. The molecule has 0 saturated heterocycles. The molecular weight excluding hydrogens is 418 g/mol. The van der Waals surface area contributed by atoms with Crippen LogP contribution in [0, 0.1) is 12.8 Å². The summed E-state index contributed by atoms with van der Waals surface area (Å²) in [7, 11) is 0. The minimum absolute atomic E-state index is 0.0753. The van der Waals surface area contributed by atoms with Gasteiger partial charge in [-0.2, -0.15) is 0 Å². The number of aryl methyl sites for hydroxylation is 1. The first kappa shape index (κ1) is 28.5. The van der Waals surface area contributed by atoms with Crippen molar-refractivity contribution in [3.05, 3.63) is 35.4 Å². The monoisotopic (exact) mass is 461 g/mol. The normalized spacial score (nSPS) is 13.4. The highest BCUT2D eigenvalue weighted by Gasteiger charge is 2.37. The van der Waals surface area contributed by atoms with E-state index < -0.39 is 23.8 Å². The quantitative estimate of drug-likeness (QED) is 0.527. The van der Waals surface area contributed by atoms with Gasteiger partial charge in [0.15, 0.2) is 0 Å². The third-order valence-corrected chi connectivity index (χ3v) is 4.99. The maximum atomic E-state index is 13.9. The van der Waals surface area contributed by atoms with Crippen LogP contribution in [0.15, 0.2) is 24.3 Å². The Kier molecular flexibility index (Phi) is 10.9. The zero-order valence-corrected chi connectivity index (χ0v) is 21.8. The number of hydrogen-bond donors (Lipinski definition) is 2. The Morgan fingerprint density at radius 3 is 2.18 bits per heavy atom. The fourth-order valence-corrected chi connectivity index (χ4v) is 3.50. The number of unbranched alkanes of at least 4 members (excludes halogenated alkanes) is 1. The van der Waals surface area contributed by atoms with Crippen LogP contribution in [0.4, 0.5) is 4.79 Å². The number of carbonyl (C=O) groups is 3. The molecule has 1 rings (SSSR count). The van der Waals surface area contributed by atoms with Crippen molar-refractivity contribution in [1.29, 1.82) is 0 Å². The molecule has 0 aliphatic rings. The maximum Gasteiger partial charge on any atom is 0.408 e. The van der Waals surface area contributed by atoms with Crippen LogP contribution in [0.25, 0.3) is 0 Å². The molecule has 0 aliphatic carbocycles. The van der Waals surface area contributed by atoms with Gasteiger partial charge in [-0.1, -0.05) is 57.0 Å². The molecular formula is C26H43N3O4. The Morgan fingerprint density at radius 1 is 1.06 bits per heavy atom. The van der Waals surface area contributed by atoms with E-state index in [1.165, 1.54) is 0 Å². The number of alkyl carbamates (subject to hydrolysis) is 1. The molecule has 0 heterocycles. The summed E-state index contributed by atoms with van der Waals surface area (Å²) < 4.78 is 5.39. The van der Waals surface area contributed by atoms with Gasteiger partial charge in [-0.05, 0) is 59.4 Å². The van der Waals surface area contributed by atoms with Crippen molar-refractivity contribution in [3.63, 3.8) is 0 Å². The first-order valence-electron chi connectivity index (χ1n) is 11.9. The number of nitrogens with one attached hydrogen (secondary N) is 2. The fraction of sp³-hybridized carbons (Fsp3) is 0.654. The standard InChI is InChI=1S/C26H43N3O4/c1-10-11-15-29(24(31)21(17(2)3)28-25(32)33-26(7,8)9)22(23(30)27-18(4)5)20-14-12-13-19(6)16-20/h12-14,16-18,21-22H,10-11,15H2,1-9H3,(H,27,30)(H,28,32). The van der Waals surface area contributed by atoms with Crippen molar-refractivity contribution < 1.29 is 19.1 Å². The molecule has 1 aromatic rings. The first-order chi connectivity index (χ1) is 15.3. The molecule has 0 saturated carbocycles. The predicted molar refractivity (Wildman–Crippen MR) is 132 cm³/mol. The molecule has 3 amide bonds. The molecule has 2 atom stereocenters. The largest absolute Gasteiger partial charge is 0.444 e. The van der Waals surface area contributed by atoms with Gasteiger partial charge < -0.3 is 20.3 Å². The summed E-state index contributed by atoms with van der Waals surface area (Å²) >= 11 is 0. The Morgan fingerprint density at radius 2 is 1.70 bits per heavy atom. The Labute approximate surface area is 199 Å². The lowest BCUT2D eigenvalue weighted by Crippen LogP contribution is -2.55. The lowest BCUT2D eigenvalue weighted by Gasteiger charge is -2.36. The molecule has 7 heteroatoms. The lowest BCUT2D eigenvalue weighted by molar-refractivity contribution is -0.143. The van der Waals surface area contributed by atoms with E-state index >= 15 is 0 Å². The molecule has 0 fully saturated rings. The van der Waals surface area contributed by atoms with Crippen molar-refractivity contribution in [1.82, 2.24) is 15.5 Å². The third kappa shape index (κ3) is 9.44. The summed E-state index contributed by atoms with van der Waals surface area (Å²) in [6.45, 7) is 17.2. The van der Waals surface area contributed by atoms with Gasteiger partial charge in [0.25, 0.3) is 0 Å². The van der Waals surface area contributed by atoms with Gasteiger partial charge in [0, 0.05) is 12.6 Å². The minimum atomic E-state index is -0.823. The van der Waals surface area contributed by atoms with Crippen LogP contribution >= 0.6 is 0 Å². The van der Waals surface area contributed by atoms with Gasteiger partial charge in [0.1, 0.15) is 17.7 Å². The molecule has 7 nitrogen and oxygen atoms in total. The summed E-state index contributed by atoms with van der Waals surface area (Å²) in [5.41, 5.74) is 1.07. The van der Waals surface area contributed by atoms with E-state index in [2.05, 4.69) is 10.6 Å². The van der Waals surface area contributed by atoms with E-state index in [1.807, 2.05) is 65.8 Å². The fourth-order valence-electron chi connectivity index (χ4n) is 3.50. The van der Waals surface area contributed by atoms with Crippen LogP contribution in [0.2, 0.25) is 0 Å².